The summed E-state index contributed by atoms with van der Waals surface area (Å²) in [6.07, 6.45) is 0. The van der Waals surface area contributed by atoms with Crippen LogP contribution in [0.15, 0.2) is 42.5 Å². The Kier molecular flexibility index (Phi) is 5.22. The first-order chi connectivity index (χ1) is 15.1. The van der Waals surface area contributed by atoms with Gasteiger partial charge >= 0.3 is 0 Å². The van der Waals surface area contributed by atoms with E-state index in [1.165, 1.54) is 23.8 Å². The molecule has 32 heavy (non-hydrogen) atoms. The Balaban J connectivity index is 1.73. The number of fused-ring (bicyclic) bond motifs is 1. The fourth-order valence-electron chi connectivity index (χ4n) is 3.89. The highest BCUT2D eigenvalue weighted by Gasteiger charge is 2.17. The lowest BCUT2D eigenvalue weighted by Crippen LogP contribution is -2.16. The maximum atomic E-state index is 12.9. The second kappa shape index (κ2) is 7.88. The molecule has 2 aromatic carbocycles. The van der Waals surface area contributed by atoms with E-state index in [4.69, 9.17) is 4.98 Å². The molecule has 8 heteroatoms. The van der Waals surface area contributed by atoms with E-state index >= 15 is 0 Å². The van der Waals surface area contributed by atoms with Gasteiger partial charge in [0.2, 0.25) is 0 Å². The SMILES string of the molecule is Cc1cc(C)c2nc(-n3nc(C)cc3NC(=O)c3ccc([N+](=O)[O-])c(C)c3)cc(C)c2c1. The number of pyridine rings is 1. The highest BCUT2D eigenvalue weighted by atomic mass is 16.6. The Morgan fingerprint density at radius 1 is 0.969 bits per heavy atom. The first-order valence-corrected chi connectivity index (χ1v) is 10.2. The van der Waals surface area contributed by atoms with Crippen LogP contribution in [-0.4, -0.2) is 25.6 Å². The normalized spacial score (nSPS) is 11.0. The molecule has 2 heterocycles. The predicted octanol–water partition coefficient (Wildman–Crippen LogP) is 5.12. The van der Waals surface area contributed by atoms with Gasteiger partial charge in [-0.1, -0.05) is 11.6 Å². The molecule has 4 aromatic rings. The molecule has 0 unspecified atom stereocenters. The van der Waals surface area contributed by atoms with Gasteiger partial charge in [-0.25, -0.2) is 4.98 Å². The van der Waals surface area contributed by atoms with Crippen molar-refractivity contribution in [1.29, 1.82) is 0 Å². The van der Waals surface area contributed by atoms with Gasteiger partial charge in [-0.15, -0.1) is 0 Å². The molecule has 162 valence electrons. The van der Waals surface area contributed by atoms with Gasteiger partial charge in [0.05, 0.1) is 16.1 Å². The zero-order valence-corrected chi connectivity index (χ0v) is 18.6. The van der Waals surface area contributed by atoms with Crippen LogP contribution in [0.4, 0.5) is 11.5 Å². The van der Waals surface area contributed by atoms with Crippen LogP contribution in [-0.2, 0) is 0 Å². The standard InChI is InChI=1S/C24H23N5O3/c1-13-8-16(4)23-19(9-13)14(2)11-21(25-23)28-22(12-17(5)27-28)26-24(30)18-6-7-20(29(31)32)15(3)10-18/h6-12H,1-5H3,(H,26,30). The van der Waals surface area contributed by atoms with E-state index in [0.717, 1.165) is 27.7 Å². The summed E-state index contributed by atoms with van der Waals surface area (Å²) in [5.41, 5.74) is 5.64. The molecule has 1 N–H and O–H groups in total. The number of hydrogen-bond donors (Lipinski definition) is 1. The van der Waals surface area contributed by atoms with E-state index in [0.29, 0.717) is 22.8 Å². The van der Waals surface area contributed by atoms with Crippen LogP contribution < -0.4 is 5.32 Å². The van der Waals surface area contributed by atoms with Crippen molar-refractivity contribution in [1.82, 2.24) is 14.8 Å². The second-order valence-corrected chi connectivity index (χ2v) is 8.07. The van der Waals surface area contributed by atoms with Crippen LogP contribution in [0.5, 0.6) is 0 Å². The number of aromatic nitrogens is 3. The lowest BCUT2D eigenvalue weighted by molar-refractivity contribution is -0.385. The van der Waals surface area contributed by atoms with Crippen LogP contribution in [0.25, 0.3) is 16.7 Å². The van der Waals surface area contributed by atoms with Crippen molar-refractivity contribution in [2.45, 2.75) is 34.6 Å². The van der Waals surface area contributed by atoms with Gasteiger partial charge in [0, 0.05) is 28.6 Å². The lowest BCUT2D eigenvalue weighted by Gasteiger charge is -2.12. The van der Waals surface area contributed by atoms with E-state index in [-0.39, 0.29) is 11.6 Å². The van der Waals surface area contributed by atoms with E-state index in [9.17, 15) is 14.9 Å². The highest BCUT2D eigenvalue weighted by Crippen LogP contribution is 2.26. The third kappa shape index (κ3) is 3.82. The maximum absolute atomic E-state index is 12.9. The number of amides is 1. The first kappa shape index (κ1) is 21.2. The molecule has 0 atom stereocenters. The number of hydrogen-bond acceptors (Lipinski definition) is 5. The molecule has 2 aromatic heterocycles. The van der Waals surface area contributed by atoms with Crippen molar-refractivity contribution < 1.29 is 9.72 Å². The van der Waals surface area contributed by atoms with Crippen molar-refractivity contribution in [2.24, 2.45) is 0 Å². The summed E-state index contributed by atoms with van der Waals surface area (Å²) >= 11 is 0. The maximum Gasteiger partial charge on any atom is 0.272 e. The van der Waals surface area contributed by atoms with Crippen molar-refractivity contribution in [3.8, 4) is 5.82 Å². The van der Waals surface area contributed by atoms with E-state index < -0.39 is 4.92 Å². The predicted molar refractivity (Wildman–Crippen MR) is 124 cm³/mol. The number of nitrogens with zero attached hydrogens (tertiary/aromatic N) is 4. The minimum Gasteiger partial charge on any atom is -0.306 e. The van der Waals surface area contributed by atoms with E-state index in [1.54, 1.807) is 17.7 Å². The second-order valence-electron chi connectivity index (χ2n) is 8.07. The monoisotopic (exact) mass is 429 g/mol. The summed E-state index contributed by atoms with van der Waals surface area (Å²) < 4.78 is 1.61. The topological polar surface area (TPSA) is 103 Å². The summed E-state index contributed by atoms with van der Waals surface area (Å²) in [6, 6.07) is 12.2. The van der Waals surface area contributed by atoms with Gasteiger partial charge in [0.1, 0.15) is 5.82 Å². The number of aryl methyl sites for hydroxylation is 5. The molecule has 0 radical (unpaired) electrons. The summed E-state index contributed by atoms with van der Waals surface area (Å²) in [6.45, 7) is 9.56. The molecule has 0 fully saturated rings. The van der Waals surface area contributed by atoms with Crippen LogP contribution in [0, 0.1) is 44.7 Å². The number of nitro groups is 1. The van der Waals surface area contributed by atoms with Crippen LogP contribution in [0.1, 0.15) is 38.3 Å². The Bertz CT molecular complexity index is 1400. The van der Waals surface area contributed by atoms with Crippen molar-refractivity contribution in [3.05, 3.63) is 86.1 Å². The molecular weight excluding hydrogens is 406 g/mol. The summed E-state index contributed by atoms with van der Waals surface area (Å²) in [5.74, 6) is 0.693. The van der Waals surface area contributed by atoms with Gasteiger partial charge in [-0.3, -0.25) is 14.9 Å². The van der Waals surface area contributed by atoms with Gasteiger partial charge in [0.15, 0.2) is 5.82 Å². The molecule has 8 nitrogen and oxygen atoms in total. The smallest absolute Gasteiger partial charge is 0.272 e. The minimum atomic E-state index is -0.466. The number of nitrogens with one attached hydrogen (secondary N) is 1. The number of anilines is 1. The highest BCUT2D eigenvalue weighted by molar-refractivity contribution is 6.04. The van der Waals surface area contributed by atoms with Crippen molar-refractivity contribution in [3.63, 3.8) is 0 Å². The Morgan fingerprint density at radius 2 is 1.72 bits per heavy atom. The van der Waals surface area contributed by atoms with Crippen molar-refractivity contribution >= 4 is 28.3 Å². The molecule has 0 aliphatic rings. The average Bonchev–Trinajstić information content (AvgIpc) is 3.08. The zero-order chi connectivity index (χ0) is 23.2. The molecule has 0 saturated heterocycles. The molecule has 1 amide bonds. The summed E-state index contributed by atoms with van der Waals surface area (Å²) in [7, 11) is 0. The van der Waals surface area contributed by atoms with Gasteiger partial charge in [0.25, 0.3) is 11.6 Å². The average molecular weight is 429 g/mol. The molecular formula is C24H23N5O3. The lowest BCUT2D eigenvalue weighted by atomic mass is 10.0. The fraction of sp³-hybridized carbons (Fsp3) is 0.208. The number of rotatable bonds is 4. The number of benzene rings is 2. The number of carbonyl (C=O) groups is 1. The molecule has 0 saturated carbocycles. The third-order valence-corrected chi connectivity index (χ3v) is 5.39. The van der Waals surface area contributed by atoms with E-state index in [2.05, 4.69) is 29.5 Å². The fourth-order valence-corrected chi connectivity index (χ4v) is 3.89. The van der Waals surface area contributed by atoms with Crippen molar-refractivity contribution in [2.75, 3.05) is 5.32 Å². The molecule has 0 bridgehead atoms. The largest absolute Gasteiger partial charge is 0.306 e. The molecule has 0 aliphatic heterocycles. The zero-order valence-electron chi connectivity index (χ0n) is 18.6. The van der Waals surface area contributed by atoms with Gasteiger partial charge < -0.3 is 5.32 Å². The minimum absolute atomic E-state index is 0.0242. The summed E-state index contributed by atoms with van der Waals surface area (Å²) in [4.78, 5) is 28.3. The molecule has 4 rings (SSSR count). The Morgan fingerprint density at radius 3 is 2.41 bits per heavy atom. The number of nitro benzene ring substituents is 1. The van der Waals surface area contributed by atoms with Gasteiger partial charge in [-0.2, -0.15) is 9.78 Å². The quantitative estimate of drug-likeness (QED) is 0.358. The molecule has 0 aliphatic carbocycles. The third-order valence-electron chi connectivity index (χ3n) is 5.39. The Hall–Kier alpha value is -4.07. The van der Waals surface area contributed by atoms with Crippen LogP contribution in [0.2, 0.25) is 0 Å². The Labute approximate surface area is 185 Å². The molecule has 0 spiro atoms. The van der Waals surface area contributed by atoms with Gasteiger partial charge in [-0.05, 0) is 70.0 Å². The summed E-state index contributed by atoms with van der Waals surface area (Å²) in [5, 5.41) is 19.5. The van der Waals surface area contributed by atoms with Crippen LogP contribution >= 0.6 is 0 Å². The van der Waals surface area contributed by atoms with E-state index in [1.807, 2.05) is 26.8 Å². The van der Waals surface area contributed by atoms with Crippen LogP contribution in [0.3, 0.4) is 0 Å². The number of carbonyl (C=O) groups excluding carboxylic acids is 1. The first-order valence-electron chi connectivity index (χ1n) is 10.2.